The smallest absolute Gasteiger partial charge is 0.273 e. The minimum atomic E-state index is -3.66. The molecule has 28 heavy (non-hydrogen) atoms. The van der Waals surface area contributed by atoms with Gasteiger partial charge in [-0.1, -0.05) is 41.6 Å². The van der Waals surface area contributed by atoms with Gasteiger partial charge in [-0.3, -0.25) is 9.89 Å². The van der Waals surface area contributed by atoms with Gasteiger partial charge in [0.15, 0.2) is 0 Å². The van der Waals surface area contributed by atoms with E-state index in [1.807, 2.05) is 30.3 Å². The van der Waals surface area contributed by atoms with Crippen LogP contribution >= 0.6 is 0 Å². The summed E-state index contributed by atoms with van der Waals surface area (Å²) in [6.07, 6.45) is 2.89. The number of sulfonamides is 1. The van der Waals surface area contributed by atoms with Crippen LogP contribution in [0.2, 0.25) is 0 Å². The molecule has 0 spiro atoms. The molecule has 3 heterocycles. The van der Waals surface area contributed by atoms with Gasteiger partial charge in [-0.05, 0) is 24.3 Å². The molecule has 5 rings (SSSR count). The van der Waals surface area contributed by atoms with Crippen molar-refractivity contribution in [3.63, 3.8) is 0 Å². The zero-order valence-corrected chi connectivity index (χ0v) is 15.8. The molecule has 1 aromatic heterocycles. The van der Waals surface area contributed by atoms with Crippen LogP contribution in [0.15, 0.2) is 53.6 Å². The SMILES string of the molecule is O=C(c1cnn[nH]1)N1CC2CCC(C1)N2S(=O)(=O)c1cccc2ccccc12. The first-order chi connectivity index (χ1) is 13.6. The molecule has 0 saturated carbocycles. The second-order valence-corrected chi connectivity index (χ2v) is 9.09. The molecular weight excluding hydrogens is 378 g/mol. The van der Waals surface area contributed by atoms with Crippen LogP contribution in [-0.4, -0.2) is 64.1 Å². The fourth-order valence-electron chi connectivity index (χ4n) is 4.43. The Hall–Kier alpha value is -2.78. The zero-order valence-electron chi connectivity index (χ0n) is 15.0. The summed E-state index contributed by atoms with van der Waals surface area (Å²) in [5.41, 5.74) is 0.324. The molecule has 9 heteroatoms. The van der Waals surface area contributed by atoms with Gasteiger partial charge in [0, 0.05) is 30.6 Å². The summed E-state index contributed by atoms with van der Waals surface area (Å²) in [4.78, 5) is 14.7. The minimum Gasteiger partial charge on any atom is -0.334 e. The van der Waals surface area contributed by atoms with E-state index < -0.39 is 10.0 Å². The minimum absolute atomic E-state index is 0.191. The maximum absolute atomic E-state index is 13.6. The van der Waals surface area contributed by atoms with Crippen molar-refractivity contribution in [2.75, 3.05) is 13.1 Å². The Bertz CT molecular complexity index is 1130. The normalized spacial score (nSPS) is 22.6. The number of aromatic amines is 1. The predicted molar refractivity (Wildman–Crippen MR) is 102 cm³/mol. The lowest BCUT2D eigenvalue weighted by Gasteiger charge is -2.40. The van der Waals surface area contributed by atoms with Gasteiger partial charge in [-0.25, -0.2) is 8.42 Å². The van der Waals surface area contributed by atoms with Crippen LogP contribution in [0.4, 0.5) is 0 Å². The molecule has 0 aliphatic carbocycles. The van der Waals surface area contributed by atoms with E-state index in [0.717, 1.165) is 23.6 Å². The van der Waals surface area contributed by atoms with E-state index in [0.29, 0.717) is 23.7 Å². The molecule has 2 aromatic carbocycles. The van der Waals surface area contributed by atoms with Gasteiger partial charge < -0.3 is 4.90 Å². The number of carbonyl (C=O) groups excluding carboxylic acids is 1. The number of H-pyrrole nitrogens is 1. The maximum atomic E-state index is 13.6. The third-order valence-electron chi connectivity index (χ3n) is 5.65. The van der Waals surface area contributed by atoms with Gasteiger partial charge in [0.05, 0.1) is 11.1 Å². The van der Waals surface area contributed by atoms with Crippen LogP contribution in [0.1, 0.15) is 23.3 Å². The molecular formula is C19H19N5O3S. The fourth-order valence-corrected chi connectivity index (χ4v) is 6.50. The number of aromatic nitrogens is 3. The Morgan fingerprint density at radius 3 is 2.46 bits per heavy atom. The third-order valence-corrected chi connectivity index (χ3v) is 7.72. The Labute approximate surface area is 162 Å². The largest absolute Gasteiger partial charge is 0.334 e. The molecule has 2 aliphatic rings. The van der Waals surface area contributed by atoms with Crippen molar-refractivity contribution in [3.8, 4) is 0 Å². The van der Waals surface area contributed by atoms with Gasteiger partial charge in [-0.2, -0.15) is 4.31 Å². The van der Waals surface area contributed by atoms with E-state index >= 15 is 0 Å². The Morgan fingerprint density at radius 1 is 1.04 bits per heavy atom. The number of benzene rings is 2. The number of piperazine rings is 1. The Kier molecular flexibility index (Phi) is 3.95. The second-order valence-electron chi connectivity index (χ2n) is 7.28. The summed E-state index contributed by atoms with van der Waals surface area (Å²) in [5, 5.41) is 11.5. The molecule has 2 bridgehead atoms. The number of carbonyl (C=O) groups is 1. The lowest BCUT2D eigenvalue weighted by atomic mass is 10.1. The molecule has 2 aliphatic heterocycles. The van der Waals surface area contributed by atoms with Crippen LogP contribution in [0.3, 0.4) is 0 Å². The van der Waals surface area contributed by atoms with Gasteiger partial charge >= 0.3 is 0 Å². The van der Waals surface area contributed by atoms with Crippen molar-refractivity contribution in [2.24, 2.45) is 0 Å². The number of nitrogens with one attached hydrogen (secondary N) is 1. The highest BCUT2D eigenvalue weighted by molar-refractivity contribution is 7.89. The van der Waals surface area contributed by atoms with E-state index in [9.17, 15) is 13.2 Å². The molecule has 1 N–H and O–H groups in total. The molecule has 2 atom stereocenters. The monoisotopic (exact) mass is 397 g/mol. The van der Waals surface area contributed by atoms with Crippen molar-refractivity contribution in [1.29, 1.82) is 0 Å². The summed E-state index contributed by atoms with van der Waals surface area (Å²) in [5.74, 6) is -0.191. The van der Waals surface area contributed by atoms with Crippen molar-refractivity contribution in [3.05, 3.63) is 54.4 Å². The summed E-state index contributed by atoms with van der Waals surface area (Å²) >= 11 is 0. The van der Waals surface area contributed by atoms with Crippen LogP contribution in [0.5, 0.6) is 0 Å². The highest BCUT2D eigenvalue weighted by atomic mass is 32.2. The quantitative estimate of drug-likeness (QED) is 0.724. The third kappa shape index (κ3) is 2.61. The topological polar surface area (TPSA) is 99.3 Å². The Balaban J connectivity index is 1.48. The predicted octanol–water partition coefficient (Wildman–Crippen LogP) is 1.64. The highest BCUT2D eigenvalue weighted by Crippen LogP contribution is 2.37. The standard InChI is InChI=1S/C19H19N5O3S/c25-19(17-10-20-22-21-17)23-11-14-8-9-15(12-23)24(14)28(26,27)18-7-3-5-13-4-1-2-6-16(13)18/h1-7,10,14-15H,8-9,11-12H2,(H,20,21,22). The van der Waals surface area contributed by atoms with E-state index in [-0.39, 0.29) is 18.0 Å². The first-order valence-electron chi connectivity index (χ1n) is 9.22. The Morgan fingerprint density at radius 2 is 1.75 bits per heavy atom. The highest BCUT2D eigenvalue weighted by Gasteiger charge is 2.48. The van der Waals surface area contributed by atoms with Crippen LogP contribution in [0.25, 0.3) is 10.8 Å². The number of hydrogen-bond donors (Lipinski definition) is 1. The van der Waals surface area contributed by atoms with Crippen molar-refractivity contribution >= 4 is 26.7 Å². The number of hydrogen-bond acceptors (Lipinski definition) is 5. The molecule has 2 fully saturated rings. The number of amides is 1. The van der Waals surface area contributed by atoms with Gasteiger partial charge in [-0.15, -0.1) is 5.10 Å². The van der Waals surface area contributed by atoms with Crippen molar-refractivity contribution in [2.45, 2.75) is 29.8 Å². The van der Waals surface area contributed by atoms with E-state index in [4.69, 9.17) is 0 Å². The molecule has 2 saturated heterocycles. The first kappa shape index (κ1) is 17.3. The van der Waals surface area contributed by atoms with Gasteiger partial charge in [0.2, 0.25) is 10.0 Å². The summed E-state index contributed by atoms with van der Waals surface area (Å²) < 4.78 is 28.8. The van der Waals surface area contributed by atoms with Crippen molar-refractivity contribution < 1.29 is 13.2 Å². The van der Waals surface area contributed by atoms with E-state index in [2.05, 4.69) is 15.4 Å². The molecule has 144 valence electrons. The van der Waals surface area contributed by atoms with Gasteiger partial charge in [0.25, 0.3) is 5.91 Å². The molecule has 8 nitrogen and oxygen atoms in total. The maximum Gasteiger partial charge on any atom is 0.273 e. The zero-order chi connectivity index (χ0) is 19.3. The van der Waals surface area contributed by atoms with Crippen molar-refractivity contribution in [1.82, 2.24) is 24.6 Å². The van der Waals surface area contributed by atoms with Crippen LogP contribution in [0, 0.1) is 0 Å². The fraction of sp³-hybridized carbons (Fsp3) is 0.316. The summed E-state index contributed by atoms with van der Waals surface area (Å²) in [6.45, 7) is 0.747. The average molecular weight is 397 g/mol. The lowest BCUT2D eigenvalue weighted by Crippen LogP contribution is -2.57. The van der Waals surface area contributed by atoms with Gasteiger partial charge in [0.1, 0.15) is 5.69 Å². The molecule has 0 radical (unpaired) electrons. The first-order valence-corrected chi connectivity index (χ1v) is 10.7. The summed E-state index contributed by atoms with van der Waals surface area (Å²) in [6, 6.07) is 12.4. The molecule has 2 unspecified atom stereocenters. The number of likely N-dealkylation sites (tertiary alicyclic amines) is 1. The summed E-state index contributed by atoms with van der Waals surface area (Å²) in [7, 11) is -3.66. The number of fused-ring (bicyclic) bond motifs is 3. The van der Waals surface area contributed by atoms with E-state index in [1.165, 1.54) is 6.20 Å². The van der Waals surface area contributed by atoms with Crippen LogP contribution in [-0.2, 0) is 10.0 Å². The van der Waals surface area contributed by atoms with E-state index in [1.54, 1.807) is 21.3 Å². The number of rotatable bonds is 3. The van der Waals surface area contributed by atoms with Crippen LogP contribution < -0.4 is 0 Å². The molecule has 1 amide bonds. The molecule has 3 aromatic rings. The lowest BCUT2D eigenvalue weighted by molar-refractivity contribution is 0.0609. The average Bonchev–Trinajstić information content (AvgIpc) is 3.34. The second kappa shape index (κ2) is 6.39. The number of nitrogens with zero attached hydrogens (tertiary/aromatic N) is 4.